The van der Waals surface area contributed by atoms with Crippen molar-refractivity contribution in [3.8, 4) is 5.75 Å². The first-order valence-electron chi connectivity index (χ1n) is 11.5. The van der Waals surface area contributed by atoms with Gasteiger partial charge in [0.2, 0.25) is 5.91 Å². The van der Waals surface area contributed by atoms with Gasteiger partial charge in [-0.3, -0.25) is 14.5 Å². The maximum Gasteiger partial charge on any atom is 0.254 e. The van der Waals surface area contributed by atoms with Gasteiger partial charge < -0.3 is 20.1 Å². The highest BCUT2D eigenvalue weighted by molar-refractivity contribution is 5.93. The van der Waals surface area contributed by atoms with E-state index in [1.807, 2.05) is 48.2 Å². The SMILES string of the molecule is Cc1ccc(F)cc1NC(=O)CN1CCOC2(C/C=C/Cc3ccccc3OCCNC2=O)C1. The lowest BCUT2D eigenvalue weighted by Gasteiger charge is -2.41. The van der Waals surface area contributed by atoms with Gasteiger partial charge in [-0.05, 0) is 42.7 Å². The Kier molecular flexibility index (Phi) is 7.59. The zero-order valence-electron chi connectivity index (χ0n) is 19.3. The molecule has 1 spiro atoms. The summed E-state index contributed by atoms with van der Waals surface area (Å²) in [7, 11) is 0. The van der Waals surface area contributed by atoms with E-state index in [1.54, 1.807) is 6.07 Å². The highest BCUT2D eigenvalue weighted by Gasteiger charge is 2.43. The van der Waals surface area contributed by atoms with Crippen LogP contribution >= 0.6 is 0 Å². The highest BCUT2D eigenvalue weighted by atomic mass is 19.1. The van der Waals surface area contributed by atoms with Crippen molar-refractivity contribution in [3.05, 3.63) is 71.6 Å². The number of morpholine rings is 1. The van der Waals surface area contributed by atoms with Crippen LogP contribution < -0.4 is 15.4 Å². The van der Waals surface area contributed by atoms with E-state index in [0.717, 1.165) is 16.9 Å². The number of rotatable bonds is 3. The Hall–Kier alpha value is -3.23. The molecule has 1 atom stereocenters. The minimum Gasteiger partial charge on any atom is -0.491 e. The van der Waals surface area contributed by atoms with Gasteiger partial charge in [0.1, 0.15) is 18.2 Å². The molecule has 0 saturated carbocycles. The van der Waals surface area contributed by atoms with Crippen LogP contribution in [0.1, 0.15) is 17.5 Å². The Labute approximate surface area is 198 Å². The van der Waals surface area contributed by atoms with Crippen molar-refractivity contribution in [2.75, 3.05) is 44.7 Å². The lowest BCUT2D eigenvalue weighted by atomic mass is 9.94. The predicted molar refractivity (Wildman–Crippen MR) is 127 cm³/mol. The fourth-order valence-corrected chi connectivity index (χ4v) is 4.25. The lowest BCUT2D eigenvalue weighted by molar-refractivity contribution is -0.160. The fraction of sp³-hybridized carbons (Fsp3) is 0.385. The smallest absolute Gasteiger partial charge is 0.254 e. The molecule has 2 amide bonds. The standard InChI is InChI=1S/C26H30FN3O4/c1-19-9-10-21(27)16-22(19)29-24(31)17-30-13-15-34-26(18-30)11-5-4-7-20-6-2-3-8-23(20)33-14-12-28-25(26)32/h2-6,8-10,16H,7,11-15,17-18H2,1H3,(H,28,32)(H,29,31)/b5-4+. The molecule has 1 unspecified atom stereocenters. The number of hydrogen-bond acceptors (Lipinski definition) is 5. The van der Waals surface area contributed by atoms with Crippen molar-refractivity contribution in [2.45, 2.75) is 25.4 Å². The molecular formula is C26H30FN3O4. The molecule has 2 aliphatic heterocycles. The van der Waals surface area contributed by atoms with E-state index in [0.29, 0.717) is 44.8 Å². The zero-order chi connectivity index (χ0) is 24.0. The number of aryl methyl sites for hydroxylation is 1. The number of amides is 2. The summed E-state index contributed by atoms with van der Waals surface area (Å²) in [6, 6.07) is 12.1. The number of carbonyl (C=O) groups excluding carboxylic acids is 2. The summed E-state index contributed by atoms with van der Waals surface area (Å²) < 4.78 is 25.5. The number of ether oxygens (including phenoxy) is 2. The van der Waals surface area contributed by atoms with E-state index in [9.17, 15) is 14.0 Å². The van der Waals surface area contributed by atoms with Crippen LogP contribution in [0.4, 0.5) is 10.1 Å². The summed E-state index contributed by atoms with van der Waals surface area (Å²) in [5, 5.41) is 5.70. The van der Waals surface area contributed by atoms with E-state index in [-0.39, 0.29) is 24.9 Å². The topological polar surface area (TPSA) is 79.9 Å². The van der Waals surface area contributed by atoms with Crippen LogP contribution in [0.15, 0.2) is 54.6 Å². The van der Waals surface area contributed by atoms with Crippen LogP contribution in [0.3, 0.4) is 0 Å². The number of nitrogens with one attached hydrogen (secondary N) is 2. The molecular weight excluding hydrogens is 437 g/mol. The van der Waals surface area contributed by atoms with Crippen LogP contribution in [0.5, 0.6) is 5.75 Å². The molecule has 0 radical (unpaired) electrons. The van der Waals surface area contributed by atoms with Gasteiger partial charge in [-0.1, -0.05) is 36.4 Å². The van der Waals surface area contributed by atoms with E-state index >= 15 is 0 Å². The Balaban J connectivity index is 1.44. The molecule has 34 heavy (non-hydrogen) atoms. The average Bonchev–Trinajstić information content (AvgIpc) is 2.82. The van der Waals surface area contributed by atoms with Crippen molar-refractivity contribution in [1.82, 2.24) is 10.2 Å². The Morgan fingerprint density at radius 3 is 2.94 bits per heavy atom. The van der Waals surface area contributed by atoms with Gasteiger partial charge in [0.25, 0.3) is 5.91 Å². The second-order valence-electron chi connectivity index (χ2n) is 8.65. The highest BCUT2D eigenvalue weighted by Crippen LogP contribution is 2.25. The van der Waals surface area contributed by atoms with E-state index in [4.69, 9.17) is 9.47 Å². The van der Waals surface area contributed by atoms with E-state index in [1.165, 1.54) is 12.1 Å². The molecule has 2 aromatic carbocycles. The third-order valence-corrected chi connectivity index (χ3v) is 6.09. The average molecular weight is 468 g/mol. The molecule has 0 aromatic heterocycles. The molecule has 8 heteroatoms. The number of hydrogen-bond donors (Lipinski definition) is 2. The first-order valence-corrected chi connectivity index (χ1v) is 11.5. The maximum absolute atomic E-state index is 13.6. The summed E-state index contributed by atoms with van der Waals surface area (Å²) in [6.45, 7) is 3.70. The third-order valence-electron chi connectivity index (χ3n) is 6.09. The number of anilines is 1. The largest absolute Gasteiger partial charge is 0.491 e. The van der Waals surface area contributed by atoms with Crippen LogP contribution in [0, 0.1) is 12.7 Å². The summed E-state index contributed by atoms with van der Waals surface area (Å²) in [4.78, 5) is 27.7. The molecule has 4 rings (SSSR count). The van der Waals surface area contributed by atoms with Crippen molar-refractivity contribution >= 4 is 17.5 Å². The minimum absolute atomic E-state index is 0.0779. The number of halogens is 1. The van der Waals surface area contributed by atoms with Crippen molar-refractivity contribution < 1.29 is 23.5 Å². The number of allylic oxidation sites excluding steroid dienone is 1. The molecule has 2 N–H and O–H groups in total. The van der Waals surface area contributed by atoms with Crippen LogP contribution in [-0.2, 0) is 20.7 Å². The van der Waals surface area contributed by atoms with Gasteiger partial charge in [0, 0.05) is 25.2 Å². The number of para-hydroxylation sites is 1. The summed E-state index contributed by atoms with van der Waals surface area (Å²) in [5.74, 6) is -0.0774. The Bertz CT molecular complexity index is 1070. The molecule has 1 saturated heterocycles. The molecule has 2 aromatic rings. The quantitative estimate of drug-likeness (QED) is 0.679. The fourth-order valence-electron chi connectivity index (χ4n) is 4.25. The second-order valence-corrected chi connectivity index (χ2v) is 8.65. The minimum atomic E-state index is -1.09. The number of benzene rings is 2. The molecule has 1 fully saturated rings. The van der Waals surface area contributed by atoms with Gasteiger partial charge in [0.15, 0.2) is 5.60 Å². The van der Waals surface area contributed by atoms with Crippen molar-refractivity contribution in [1.29, 1.82) is 0 Å². The molecule has 180 valence electrons. The monoisotopic (exact) mass is 467 g/mol. The summed E-state index contributed by atoms with van der Waals surface area (Å²) in [6.07, 6.45) is 5.05. The molecule has 7 nitrogen and oxygen atoms in total. The van der Waals surface area contributed by atoms with Crippen molar-refractivity contribution in [2.24, 2.45) is 0 Å². The molecule has 0 aliphatic carbocycles. The summed E-state index contributed by atoms with van der Waals surface area (Å²) in [5.41, 5.74) is 1.21. The van der Waals surface area contributed by atoms with Gasteiger partial charge >= 0.3 is 0 Å². The number of carbonyl (C=O) groups is 2. The maximum atomic E-state index is 13.6. The van der Waals surface area contributed by atoms with Gasteiger partial charge in [-0.25, -0.2) is 4.39 Å². The first-order chi connectivity index (χ1) is 16.4. The van der Waals surface area contributed by atoms with Gasteiger partial charge in [0.05, 0.1) is 19.7 Å². The van der Waals surface area contributed by atoms with Crippen LogP contribution in [-0.4, -0.2) is 61.7 Å². The number of nitrogens with zero attached hydrogens (tertiary/aromatic N) is 1. The third kappa shape index (κ3) is 5.81. The van der Waals surface area contributed by atoms with Gasteiger partial charge in [-0.2, -0.15) is 0 Å². The first kappa shape index (κ1) is 23.9. The zero-order valence-corrected chi connectivity index (χ0v) is 19.3. The van der Waals surface area contributed by atoms with E-state index in [2.05, 4.69) is 10.6 Å². The second kappa shape index (κ2) is 10.8. The Morgan fingerprint density at radius 2 is 2.06 bits per heavy atom. The Morgan fingerprint density at radius 1 is 1.21 bits per heavy atom. The van der Waals surface area contributed by atoms with Crippen molar-refractivity contribution in [3.63, 3.8) is 0 Å². The summed E-state index contributed by atoms with van der Waals surface area (Å²) >= 11 is 0. The van der Waals surface area contributed by atoms with Gasteiger partial charge in [-0.15, -0.1) is 0 Å². The molecule has 0 bridgehead atoms. The normalized spacial score (nSPS) is 22.5. The molecule has 2 heterocycles. The predicted octanol–water partition coefficient (Wildman–Crippen LogP) is 2.84. The van der Waals surface area contributed by atoms with E-state index < -0.39 is 11.4 Å². The molecule has 2 aliphatic rings. The van der Waals surface area contributed by atoms with Crippen LogP contribution in [0.25, 0.3) is 0 Å². The van der Waals surface area contributed by atoms with Crippen LogP contribution in [0.2, 0.25) is 0 Å². The number of fused-ring (bicyclic) bond motifs is 1. The lowest BCUT2D eigenvalue weighted by Crippen LogP contribution is -2.60.